The van der Waals surface area contributed by atoms with Gasteiger partial charge in [-0.1, -0.05) is 96.1 Å². The zero-order valence-electron chi connectivity index (χ0n) is 22.4. The third-order valence-electron chi connectivity index (χ3n) is 5.91. The van der Waals surface area contributed by atoms with E-state index in [9.17, 15) is 14.3 Å². The summed E-state index contributed by atoms with van der Waals surface area (Å²) in [7, 11) is -2.94. The largest absolute Gasteiger partial charge is 0.527 e. The van der Waals surface area contributed by atoms with Gasteiger partial charge in [-0.3, -0.25) is 14.2 Å². The fourth-order valence-corrected chi connectivity index (χ4v) is 4.66. The number of ether oxygens (including phenoxy) is 2. The molecule has 1 aromatic carbocycles. The van der Waals surface area contributed by atoms with Crippen molar-refractivity contribution in [3.63, 3.8) is 0 Å². The molecule has 206 valence electrons. The maximum absolute atomic E-state index is 12.2. The van der Waals surface area contributed by atoms with Gasteiger partial charge in [0.25, 0.3) is 0 Å². The Kier molecular flexibility index (Phi) is 18.1. The van der Waals surface area contributed by atoms with E-state index in [4.69, 9.17) is 18.5 Å². The van der Waals surface area contributed by atoms with E-state index in [2.05, 4.69) is 13.5 Å². The van der Waals surface area contributed by atoms with Crippen molar-refractivity contribution >= 4 is 13.8 Å². The molecule has 0 aliphatic rings. The van der Waals surface area contributed by atoms with Crippen LogP contribution in [-0.2, 0) is 25.0 Å². The van der Waals surface area contributed by atoms with Gasteiger partial charge in [0.15, 0.2) is 11.5 Å². The van der Waals surface area contributed by atoms with E-state index < -0.39 is 7.82 Å². The molecule has 1 N–H and O–H groups in total. The van der Waals surface area contributed by atoms with Crippen LogP contribution in [0.25, 0.3) is 0 Å². The summed E-state index contributed by atoms with van der Waals surface area (Å²) in [5.74, 6) is 0.0850. The lowest BCUT2D eigenvalue weighted by molar-refractivity contribution is -0.144. The molecule has 0 saturated carbocycles. The van der Waals surface area contributed by atoms with E-state index in [1.165, 1.54) is 71.3 Å². The highest BCUT2D eigenvalue weighted by atomic mass is 31.2. The molecule has 0 aliphatic heterocycles. The van der Waals surface area contributed by atoms with E-state index >= 15 is 0 Å². The van der Waals surface area contributed by atoms with Crippen molar-refractivity contribution in [2.45, 2.75) is 103 Å². The minimum Gasteiger partial charge on any atom is -0.493 e. The number of benzene rings is 1. The zero-order chi connectivity index (χ0) is 26.5. The molecule has 7 nitrogen and oxygen atoms in total. The maximum Gasteiger partial charge on any atom is 0.527 e. The number of hydrogen-bond donors (Lipinski definition) is 1. The van der Waals surface area contributed by atoms with Gasteiger partial charge < -0.3 is 14.0 Å². The first-order valence-electron chi connectivity index (χ1n) is 13.5. The molecule has 0 aromatic heterocycles. The summed E-state index contributed by atoms with van der Waals surface area (Å²) in [5, 5.41) is 0. The Labute approximate surface area is 218 Å². The van der Waals surface area contributed by atoms with Crippen LogP contribution >= 0.6 is 7.82 Å². The van der Waals surface area contributed by atoms with Gasteiger partial charge in [-0.2, -0.15) is 0 Å². The van der Waals surface area contributed by atoms with Crippen molar-refractivity contribution in [2.24, 2.45) is 0 Å². The highest BCUT2D eigenvalue weighted by Gasteiger charge is 2.25. The second-order valence-corrected chi connectivity index (χ2v) is 10.5. The Bertz CT molecular complexity index is 781. The molecular weight excluding hydrogens is 479 g/mol. The second-order valence-electron chi connectivity index (χ2n) is 9.08. The van der Waals surface area contributed by atoms with Crippen LogP contribution < -0.4 is 9.26 Å². The number of phosphoric ester groups is 1. The van der Waals surface area contributed by atoms with Crippen molar-refractivity contribution in [2.75, 3.05) is 20.3 Å². The molecule has 0 aliphatic carbocycles. The fourth-order valence-electron chi connectivity index (χ4n) is 3.90. The van der Waals surface area contributed by atoms with E-state index in [-0.39, 0.29) is 24.9 Å². The van der Waals surface area contributed by atoms with Crippen LogP contribution in [0.4, 0.5) is 0 Å². The average molecular weight is 527 g/mol. The number of methoxy groups -OCH3 is 1. The van der Waals surface area contributed by atoms with Crippen LogP contribution in [0.5, 0.6) is 11.5 Å². The topological polar surface area (TPSA) is 91.3 Å². The third-order valence-corrected chi connectivity index (χ3v) is 6.84. The predicted molar refractivity (Wildman–Crippen MR) is 145 cm³/mol. The van der Waals surface area contributed by atoms with Gasteiger partial charge in [-0.25, -0.2) is 4.57 Å². The van der Waals surface area contributed by atoms with Gasteiger partial charge >= 0.3 is 13.8 Å². The van der Waals surface area contributed by atoms with Gasteiger partial charge in [0.1, 0.15) is 6.61 Å². The molecule has 1 rings (SSSR count). The first-order valence-corrected chi connectivity index (χ1v) is 15.0. The van der Waals surface area contributed by atoms with Crippen LogP contribution in [0, 0.1) is 0 Å². The SMILES string of the molecule is C=CCc1ccc(OP(=O)(O)OCCOC(=O)CCCCCCCCCCCCCCC)c(OC)c1. The molecule has 1 aromatic rings. The molecular formula is C28H47O7P. The number of hydrogen-bond acceptors (Lipinski definition) is 6. The van der Waals surface area contributed by atoms with E-state index in [0.29, 0.717) is 18.6 Å². The summed E-state index contributed by atoms with van der Waals surface area (Å²) < 4.78 is 32.6. The highest BCUT2D eigenvalue weighted by Crippen LogP contribution is 2.46. The molecule has 1 atom stereocenters. The molecule has 1 unspecified atom stereocenters. The molecule has 0 spiro atoms. The van der Waals surface area contributed by atoms with E-state index in [1.54, 1.807) is 24.3 Å². The second kappa shape index (κ2) is 20.3. The summed E-state index contributed by atoms with van der Waals surface area (Å²) in [4.78, 5) is 21.8. The Hall–Kier alpha value is -1.82. The molecule has 0 saturated heterocycles. The first kappa shape index (κ1) is 32.2. The van der Waals surface area contributed by atoms with Crippen molar-refractivity contribution in [3.05, 3.63) is 36.4 Å². The number of phosphoric acid groups is 1. The smallest absolute Gasteiger partial charge is 0.493 e. The first-order chi connectivity index (χ1) is 17.4. The number of carbonyl (C=O) groups excluding carboxylic acids is 1. The van der Waals surface area contributed by atoms with Gasteiger partial charge in [0, 0.05) is 6.42 Å². The van der Waals surface area contributed by atoms with Crippen molar-refractivity contribution < 1.29 is 32.8 Å². The predicted octanol–water partition coefficient (Wildman–Crippen LogP) is 7.94. The Morgan fingerprint density at radius 1 is 0.917 bits per heavy atom. The van der Waals surface area contributed by atoms with Gasteiger partial charge in [-0.15, -0.1) is 6.58 Å². The fraction of sp³-hybridized carbons (Fsp3) is 0.679. The highest BCUT2D eigenvalue weighted by molar-refractivity contribution is 7.47. The number of rotatable bonds is 23. The van der Waals surface area contributed by atoms with Crippen LogP contribution in [0.2, 0.25) is 0 Å². The van der Waals surface area contributed by atoms with Crippen LogP contribution in [0.15, 0.2) is 30.9 Å². The van der Waals surface area contributed by atoms with Crippen molar-refractivity contribution in [3.8, 4) is 11.5 Å². The lowest BCUT2D eigenvalue weighted by atomic mass is 10.0. The summed E-state index contributed by atoms with van der Waals surface area (Å²) >= 11 is 0. The summed E-state index contributed by atoms with van der Waals surface area (Å²) in [6.45, 7) is 5.58. The lowest BCUT2D eigenvalue weighted by Crippen LogP contribution is -2.11. The van der Waals surface area contributed by atoms with Crippen LogP contribution in [0.3, 0.4) is 0 Å². The Balaban J connectivity index is 2.07. The van der Waals surface area contributed by atoms with Crippen LogP contribution in [-0.4, -0.2) is 31.2 Å². The molecule has 0 amide bonds. The number of carbonyl (C=O) groups is 1. The molecule has 0 bridgehead atoms. The average Bonchev–Trinajstić information content (AvgIpc) is 2.85. The minimum absolute atomic E-state index is 0.0931. The molecule has 0 radical (unpaired) electrons. The maximum atomic E-state index is 12.2. The monoisotopic (exact) mass is 526 g/mol. The molecule has 0 fully saturated rings. The molecule has 0 heterocycles. The van der Waals surface area contributed by atoms with E-state index in [0.717, 1.165) is 24.8 Å². The van der Waals surface area contributed by atoms with Crippen molar-refractivity contribution in [1.29, 1.82) is 0 Å². The van der Waals surface area contributed by atoms with Gasteiger partial charge in [-0.05, 0) is 30.5 Å². The molecule has 36 heavy (non-hydrogen) atoms. The van der Waals surface area contributed by atoms with E-state index in [1.807, 2.05) is 0 Å². The normalized spacial score (nSPS) is 12.6. The zero-order valence-corrected chi connectivity index (χ0v) is 23.3. The standard InChI is InChI=1S/C28H47O7P/c1-4-6-7-8-9-10-11-12-13-14-15-16-17-19-28(29)33-22-23-34-36(30,31)35-26-21-20-25(18-5-2)24-27(26)32-3/h5,20-21,24H,2,4,6-19,22-23H2,1,3H3,(H,30,31). The van der Waals surface area contributed by atoms with Gasteiger partial charge in [0.2, 0.25) is 0 Å². The number of esters is 1. The quantitative estimate of drug-likeness (QED) is 0.0669. The Morgan fingerprint density at radius 3 is 2.06 bits per heavy atom. The summed E-state index contributed by atoms with van der Waals surface area (Å²) in [5.41, 5.74) is 0.929. The lowest BCUT2D eigenvalue weighted by Gasteiger charge is -2.16. The summed E-state index contributed by atoms with van der Waals surface area (Å²) in [6.07, 6.45) is 18.9. The number of unbranched alkanes of at least 4 members (excludes halogenated alkanes) is 12. The van der Waals surface area contributed by atoms with Crippen molar-refractivity contribution in [1.82, 2.24) is 0 Å². The Morgan fingerprint density at radius 2 is 1.50 bits per heavy atom. The number of allylic oxidation sites excluding steroid dienone is 1. The molecule has 8 heteroatoms. The van der Waals surface area contributed by atoms with Gasteiger partial charge in [0.05, 0.1) is 13.7 Å². The summed E-state index contributed by atoms with van der Waals surface area (Å²) in [6, 6.07) is 4.99. The third kappa shape index (κ3) is 16.0. The minimum atomic E-state index is -4.39. The van der Waals surface area contributed by atoms with Crippen LogP contribution in [0.1, 0.15) is 102 Å².